The highest BCUT2D eigenvalue weighted by Gasteiger charge is 2.20. The van der Waals surface area contributed by atoms with E-state index >= 15 is 0 Å². The lowest BCUT2D eigenvalue weighted by molar-refractivity contribution is -0.111. The highest BCUT2D eigenvalue weighted by Crippen LogP contribution is 2.32. The van der Waals surface area contributed by atoms with Crippen LogP contribution in [0, 0.1) is 0 Å². The molecule has 1 aliphatic heterocycles. The molecule has 0 saturated carbocycles. The number of nitrogens with zero attached hydrogens (tertiary/aromatic N) is 1. The van der Waals surface area contributed by atoms with Gasteiger partial charge in [0, 0.05) is 16.7 Å². The molecule has 2 aromatic carbocycles. The number of carbonyl (C=O) groups is 2. The minimum Gasteiger partial charge on any atom is -0.485 e. The van der Waals surface area contributed by atoms with Crippen molar-refractivity contribution in [1.82, 2.24) is 0 Å². The summed E-state index contributed by atoms with van der Waals surface area (Å²) in [5.41, 5.74) is 3.40. The molecule has 1 heterocycles. The van der Waals surface area contributed by atoms with Crippen molar-refractivity contribution in [2.75, 3.05) is 13.2 Å². The first-order valence-electron chi connectivity index (χ1n) is 9.09. The zero-order valence-electron chi connectivity index (χ0n) is 15.6. The van der Waals surface area contributed by atoms with Crippen LogP contribution in [0.25, 0.3) is 11.5 Å². The van der Waals surface area contributed by atoms with Gasteiger partial charge in [-0.15, -0.1) is 0 Å². The van der Waals surface area contributed by atoms with Crippen LogP contribution in [0.5, 0.6) is 0 Å². The van der Waals surface area contributed by atoms with Gasteiger partial charge in [-0.05, 0) is 36.4 Å². The van der Waals surface area contributed by atoms with Crippen LogP contribution in [0.3, 0.4) is 0 Å². The van der Waals surface area contributed by atoms with Gasteiger partial charge in [-0.25, -0.2) is 4.99 Å². The molecule has 2 aliphatic rings. The standard InChI is InChI=1S/C23H15Cl2NO4/c24-19-11-18(12-20(25)21(19)28)26-17-7-5-16(6-8-17)23-22(29-9-10-30-23)15-3-1-14(13-27)2-4-15/h1-8,11-13H,9-10H2. The summed E-state index contributed by atoms with van der Waals surface area (Å²) in [7, 11) is 0. The molecule has 0 bridgehead atoms. The van der Waals surface area contributed by atoms with Crippen molar-refractivity contribution in [3.63, 3.8) is 0 Å². The Morgan fingerprint density at radius 3 is 1.80 bits per heavy atom. The first-order valence-corrected chi connectivity index (χ1v) is 9.84. The van der Waals surface area contributed by atoms with E-state index in [1.165, 1.54) is 12.2 Å². The summed E-state index contributed by atoms with van der Waals surface area (Å²) in [5, 5.41) is 0.0574. The molecular weight excluding hydrogens is 425 g/mol. The van der Waals surface area contributed by atoms with E-state index in [9.17, 15) is 9.59 Å². The zero-order chi connectivity index (χ0) is 21.1. The summed E-state index contributed by atoms with van der Waals surface area (Å²) in [6, 6.07) is 14.5. The van der Waals surface area contributed by atoms with E-state index in [-0.39, 0.29) is 10.1 Å². The molecule has 0 atom stereocenters. The fourth-order valence-electron chi connectivity index (χ4n) is 3.01. The van der Waals surface area contributed by atoms with E-state index in [4.69, 9.17) is 32.7 Å². The molecule has 1 aliphatic carbocycles. The van der Waals surface area contributed by atoms with Gasteiger partial charge in [0.2, 0.25) is 5.78 Å². The van der Waals surface area contributed by atoms with Gasteiger partial charge in [-0.1, -0.05) is 47.5 Å². The third kappa shape index (κ3) is 4.22. The van der Waals surface area contributed by atoms with Crippen LogP contribution in [0.2, 0.25) is 0 Å². The first kappa shape index (κ1) is 20.1. The lowest BCUT2D eigenvalue weighted by Gasteiger charge is -2.22. The number of allylic oxidation sites excluding steroid dienone is 4. The van der Waals surface area contributed by atoms with Crippen LogP contribution in [0.15, 0.2) is 75.7 Å². The zero-order valence-corrected chi connectivity index (χ0v) is 17.1. The molecule has 0 spiro atoms. The van der Waals surface area contributed by atoms with Crippen molar-refractivity contribution >= 4 is 58.2 Å². The minimum atomic E-state index is -0.414. The van der Waals surface area contributed by atoms with E-state index < -0.39 is 5.78 Å². The monoisotopic (exact) mass is 439 g/mol. The number of halogens is 2. The molecule has 0 amide bonds. The Bertz CT molecular complexity index is 1100. The summed E-state index contributed by atoms with van der Waals surface area (Å²) in [5.74, 6) is 0.823. The highest BCUT2D eigenvalue weighted by molar-refractivity contribution is 6.57. The largest absolute Gasteiger partial charge is 0.485 e. The maximum Gasteiger partial charge on any atom is 0.215 e. The van der Waals surface area contributed by atoms with E-state index in [1.54, 1.807) is 12.1 Å². The van der Waals surface area contributed by atoms with E-state index in [0.29, 0.717) is 41.7 Å². The second-order valence-electron chi connectivity index (χ2n) is 6.49. The summed E-state index contributed by atoms with van der Waals surface area (Å²) in [6.45, 7) is 0.884. The van der Waals surface area contributed by atoms with Crippen molar-refractivity contribution in [2.45, 2.75) is 0 Å². The SMILES string of the molecule is O=Cc1ccc(C2=C(c3ccc(N=C4C=C(Cl)C(=O)C(Cl)=C4)cc3)OCCO2)cc1. The van der Waals surface area contributed by atoms with Crippen LogP contribution < -0.4 is 0 Å². The fourth-order valence-corrected chi connectivity index (χ4v) is 3.48. The number of aldehydes is 1. The second-order valence-corrected chi connectivity index (χ2v) is 7.31. The normalized spacial score (nSPS) is 16.3. The molecule has 0 radical (unpaired) electrons. The smallest absolute Gasteiger partial charge is 0.215 e. The lowest BCUT2D eigenvalue weighted by Crippen LogP contribution is -2.12. The summed E-state index contributed by atoms with van der Waals surface area (Å²) >= 11 is 11.8. The van der Waals surface area contributed by atoms with Gasteiger partial charge in [-0.3, -0.25) is 9.59 Å². The predicted molar refractivity (Wildman–Crippen MR) is 117 cm³/mol. The number of carbonyl (C=O) groups excluding carboxylic acids is 2. The number of hydrogen-bond acceptors (Lipinski definition) is 5. The number of ether oxygens (including phenoxy) is 2. The van der Waals surface area contributed by atoms with Crippen molar-refractivity contribution < 1.29 is 19.1 Å². The molecule has 30 heavy (non-hydrogen) atoms. The van der Waals surface area contributed by atoms with Crippen molar-refractivity contribution in [3.05, 3.63) is 87.4 Å². The van der Waals surface area contributed by atoms with Crippen LogP contribution in [0.4, 0.5) is 5.69 Å². The first-order chi connectivity index (χ1) is 14.5. The van der Waals surface area contributed by atoms with Gasteiger partial charge in [0.25, 0.3) is 0 Å². The molecule has 7 heteroatoms. The summed E-state index contributed by atoms with van der Waals surface area (Å²) in [4.78, 5) is 27.0. The van der Waals surface area contributed by atoms with Crippen LogP contribution in [-0.2, 0) is 14.3 Å². The van der Waals surface area contributed by atoms with Gasteiger partial charge >= 0.3 is 0 Å². The Kier molecular flexibility index (Phi) is 5.84. The quantitative estimate of drug-likeness (QED) is 0.480. The number of benzene rings is 2. The van der Waals surface area contributed by atoms with Gasteiger partial charge in [0.15, 0.2) is 11.5 Å². The number of ketones is 1. The highest BCUT2D eigenvalue weighted by atomic mass is 35.5. The van der Waals surface area contributed by atoms with Crippen LogP contribution >= 0.6 is 23.2 Å². The van der Waals surface area contributed by atoms with Crippen LogP contribution in [-0.4, -0.2) is 31.0 Å². The van der Waals surface area contributed by atoms with Crippen molar-refractivity contribution in [3.8, 4) is 0 Å². The Balaban J connectivity index is 1.65. The molecule has 0 N–H and O–H groups in total. The van der Waals surface area contributed by atoms with Crippen LogP contribution in [0.1, 0.15) is 21.5 Å². The predicted octanol–water partition coefficient (Wildman–Crippen LogP) is 5.27. The molecule has 5 nitrogen and oxygen atoms in total. The number of rotatable bonds is 4. The van der Waals surface area contributed by atoms with Gasteiger partial charge in [0.1, 0.15) is 19.5 Å². The Hall–Kier alpha value is -3.15. The van der Waals surface area contributed by atoms with Gasteiger partial charge in [-0.2, -0.15) is 0 Å². The maximum atomic E-state index is 11.6. The number of hydrogen-bond donors (Lipinski definition) is 0. The molecule has 0 fully saturated rings. The van der Waals surface area contributed by atoms with E-state index in [1.807, 2.05) is 36.4 Å². The molecule has 4 rings (SSSR count). The Morgan fingerprint density at radius 2 is 1.30 bits per heavy atom. The summed E-state index contributed by atoms with van der Waals surface area (Å²) < 4.78 is 11.7. The van der Waals surface area contributed by atoms with E-state index in [0.717, 1.165) is 17.4 Å². The minimum absolute atomic E-state index is 0.0287. The Labute approximate surface area is 182 Å². The topological polar surface area (TPSA) is 65.0 Å². The number of Topliss-reactive ketones (excluding diaryl/α,β-unsaturated/α-hetero) is 1. The second kappa shape index (κ2) is 8.69. The van der Waals surface area contributed by atoms with E-state index in [2.05, 4.69) is 4.99 Å². The average molecular weight is 440 g/mol. The molecule has 0 aromatic heterocycles. The van der Waals surface area contributed by atoms with Gasteiger partial charge in [0.05, 0.1) is 21.5 Å². The molecule has 2 aromatic rings. The van der Waals surface area contributed by atoms with Crippen molar-refractivity contribution in [1.29, 1.82) is 0 Å². The molecule has 0 unspecified atom stereocenters. The summed E-state index contributed by atoms with van der Waals surface area (Å²) in [6.07, 6.45) is 3.75. The Morgan fingerprint density at radius 1 is 0.800 bits per heavy atom. The molecule has 0 saturated heterocycles. The lowest BCUT2D eigenvalue weighted by atomic mass is 10.1. The van der Waals surface area contributed by atoms with Crippen molar-refractivity contribution in [2.24, 2.45) is 4.99 Å². The average Bonchev–Trinajstić information content (AvgIpc) is 2.78. The third-order valence-corrected chi connectivity index (χ3v) is 5.02. The van der Waals surface area contributed by atoms with Gasteiger partial charge < -0.3 is 9.47 Å². The third-order valence-electron chi connectivity index (χ3n) is 4.46. The fraction of sp³-hybridized carbons (Fsp3) is 0.0870. The maximum absolute atomic E-state index is 11.6. The number of aliphatic imine (C=N–C) groups is 1. The molecular formula is C23H15Cl2NO4. The molecule has 150 valence electrons.